The van der Waals surface area contributed by atoms with E-state index < -0.39 is 0 Å². The van der Waals surface area contributed by atoms with Crippen LogP contribution in [0.3, 0.4) is 0 Å². The fraction of sp³-hybridized carbons (Fsp3) is 0.647. The van der Waals surface area contributed by atoms with Crippen molar-refractivity contribution in [2.75, 3.05) is 33.4 Å². The Balaban J connectivity index is 1.66. The first-order valence-corrected chi connectivity index (χ1v) is 8.38. The van der Waals surface area contributed by atoms with Crippen LogP contribution in [0.25, 0.3) is 11.2 Å². The van der Waals surface area contributed by atoms with Gasteiger partial charge in [-0.1, -0.05) is 0 Å². The molecule has 2 saturated heterocycles. The van der Waals surface area contributed by atoms with Gasteiger partial charge in [0, 0.05) is 25.3 Å². The molecule has 118 valence electrons. The molecular weight excluding hydrogens is 276 g/mol. The molecule has 0 spiro atoms. The van der Waals surface area contributed by atoms with Crippen molar-refractivity contribution in [3.05, 3.63) is 24.2 Å². The largest absolute Gasteiger partial charge is 0.381 e. The van der Waals surface area contributed by atoms with Crippen molar-refractivity contribution < 1.29 is 4.74 Å². The number of likely N-dealkylation sites (tertiary alicyclic amines) is 1. The molecule has 0 aliphatic carbocycles. The van der Waals surface area contributed by atoms with Gasteiger partial charge in [-0.05, 0) is 57.5 Å². The Bertz CT molecular complexity index is 639. The smallest absolute Gasteiger partial charge is 0.160 e. The van der Waals surface area contributed by atoms with Gasteiger partial charge < -0.3 is 14.2 Å². The Labute approximate surface area is 131 Å². The van der Waals surface area contributed by atoms with E-state index in [9.17, 15) is 0 Å². The lowest BCUT2D eigenvalue weighted by Gasteiger charge is -2.29. The van der Waals surface area contributed by atoms with Gasteiger partial charge in [0.25, 0.3) is 0 Å². The second-order valence-corrected chi connectivity index (χ2v) is 6.73. The highest BCUT2D eigenvalue weighted by molar-refractivity contribution is 5.71. The van der Waals surface area contributed by atoms with E-state index in [4.69, 9.17) is 9.72 Å². The summed E-state index contributed by atoms with van der Waals surface area (Å²) in [5.74, 6) is 2.35. The number of fused-ring (bicyclic) bond motifs is 1. The summed E-state index contributed by atoms with van der Waals surface area (Å²) in [6.45, 7) is 5.11. The third kappa shape index (κ3) is 2.63. The van der Waals surface area contributed by atoms with Crippen molar-refractivity contribution in [1.29, 1.82) is 0 Å². The number of imidazole rings is 1. The minimum absolute atomic E-state index is 0.431. The Hall–Kier alpha value is -1.46. The molecule has 0 aromatic carbocycles. The van der Waals surface area contributed by atoms with E-state index >= 15 is 0 Å². The van der Waals surface area contributed by atoms with Gasteiger partial charge >= 0.3 is 0 Å². The monoisotopic (exact) mass is 300 g/mol. The van der Waals surface area contributed by atoms with Crippen LogP contribution in [-0.4, -0.2) is 52.8 Å². The molecule has 1 atom stereocenters. The topological polar surface area (TPSA) is 43.2 Å². The van der Waals surface area contributed by atoms with Crippen molar-refractivity contribution in [3.8, 4) is 0 Å². The van der Waals surface area contributed by atoms with Crippen molar-refractivity contribution in [3.63, 3.8) is 0 Å². The zero-order valence-electron chi connectivity index (χ0n) is 13.2. The number of aromatic nitrogens is 3. The van der Waals surface area contributed by atoms with Gasteiger partial charge in [-0.15, -0.1) is 0 Å². The van der Waals surface area contributed by atoms with E-state index in [1.807, 2.05) is 12.3 Å². The molecule has 0 amide bonds. The highest BCUT2D eigenvalue weighted by atomic mass is 16.5. The molecule has 0 N–H and O–H groups in total. The third-order valence-corrected chi connectivity index (χ3v) is 5.11. The van der Waals surface area contributed by atoms with Gasteiger partial charge in [0.1, 0.15) is 11.3 Å². The molecule has 5 nitrogen and oxygen atoms in total. The molecule has 2 fully saturated rings. The lowest BCUT2D eigenvalue weighted by atomic mass is 9.96. The molecule has 4 heterocycles. The number of ether oxygens (including phenoxy) is 1. The van der Waals surface area contributed by atoms with Crippen LogP contribution in [0.15, 0.2) is 18.3 Å². The van der Waals surface area contributed by atoms with E-state index in [0.29, 0.717) is 5.92 Å². The maximum atomic E-state index is 5.59. The van der Waals surface area contributed by atoms with Crippen LogP contribution in [0.2, 0.25) is 0 Å². The van der Waals surface area contributed by atoms with E-state index in [2.05, 4.69) is 27.6 Å². The molecule has 5 heteroatoms. The molecule has 2 aromatic rings. The number of hydrogen-bond acceptors (Lipinski definition) is 4. The first-order chi connectivity index (χ1) is 10.8. The highest BCUT2D eigenvalue weighted by Crippen LogP contribution is 2.29. The van der Waals surface area contributed by atoms with Crippen molar-refractivity contribution in [2.45, 2.75) is 31.7 Å². The van der Waals surface area contributed by atoms with Gasteiger partial charge in [-0.3, -0.25) is 0 Å². The van der Waals surface area contributed by atoms with Crippen LogP contribution in [0.4, 0.5) is 0 Å². The third-order valence-electron chi connectivity index (χ3n) is 5.11. The molecule has 2 aliphatic heterocycles. The molecule has 2 aromatic heterocycles. The minimum atomic E-state index is 0.431. The maximum absolute atomic E-state index is 5.59. The zero-order chi connectivity index (χ0) is 14.9. The summed E-state index contributed by atoms with van der Waals surface area (Å²) < 4.78 is 7.97. The van der Waals surface area contributed by atoms with E-state index in [1.165, 1.54) is 31.8 Å². The highest BCUT2D eigenvalue weighted by Gasteiger charge is 2.26. The Kier molecular flexibility index (Phi) is 3.84. The Morgan fingerprint density at radius 3 is 2.91 bits per heavy atom. The van der Waals surface area contributed by atoms with E-state index in [-0.39, 0.29) is 0 Å². The van der Waals surface area contributed by atoms with Crippen molar-refractivity contribution >= 4 is 11.2 Å². The molecular formula is C17H24N4O. The number of pyridine rings is 1. The van der Waals surface area contributed by atoms with Gasteiger partial charge in [-0.25, -0.2) is 9.97 Å². The summed E-state index contributed by atoms with van der Waals surface area (Å²) >= 11 is 0. The average Bonchev–Trinajstić information content (AvgIpc) is 3.18. The number of nitrogens with zero attached hydrogens (tertiary/aromatic N) is 4. The molecule has 1 unspecified atom stereocenters. The molecule has 4 rings (SSSR count). The molecule has 22 heavy (non-hydrogen) atoms. The molecule has 0 saturated carbocycles. The second-order valence-electron chi connectivity index (χ2n) is 6.73. The number of hydrogen-bond donors (Lipinski definition) is 0. The summed E-state index contributed by atoms with van der Waals surface area (Å²) in [6.07, 6.45) is 5.49. The van der Waals surface area contributed by atoms with Crippen molar-refractivity contribution in [1.82, 2.24) is 19.4 Å². The fourth-order valence-electron chi connectivity index (χ4n) is 3.71. The van der Waals surface area contributed by atoms with E-state index in [0.717, 1.165) is 43.3 Å². The summed E-state index contributed by atoms with van der Waals surface area (Å²) in [5, 5.41) is 0. The molecule has 2 aliphatic rings. The number of rotatable bonds is 3. The molecule has 0 bridgehead atoms. The summed E-state index contributed by atoms with van der Waals surface area (Å²) in [5.41, 5.74) is 2.07. The van der Waals surface area contributed by atoms with Crippen LogP contribution in [0, 0.1) is 5.92 Å². The Morgan fingerprint density at radius 1 is 1.27 bits per heavy atom. The minimum Gasteiger partial charge on any atom is -0.381 e. The average molecular weight is 300 g/mol. The Morgan fingerprint density at radius 2 is 2.14 bits per heavy atom. The van der Waals surface area contributed by atoms with Crippen LogP contribution < -0.4 is 0 Å². The predicted molar refractivity (Wildman–Crippen MR) is 85.9 cm³/mol. The maximum Gasteiger partial charge on any atom is 0.160 e. The van der Waals surface area contributed by atoms with Crippen LogP contribution in [0.1, 0.15) is 31.0 Å². The fourth-order valence-corrected chi connectivity index (χ4v) is 3.71. The first kappa shape index (κ1) is 14.2. The van der Waals surface area contributed by atoms with Crippen molar-refractivity contribution in [2.24, 2.45) is 5.92 Å². The molecule has 0 radical (unpaired) electrons. The standard InChI is InChI=1S/C17H24N4O/c1-20-8-4-13(5-9-20)11-21-16(14-6-10-22-12-14)19-15-3-2-7-18-17(15)21/h2-3,7,13-14H,4-6,8-12H2,1H3. The first-order valence-electron chi connectivity index (χ1n) is 8.38. The van der Waals surface area contributed by atoms with E-state index in [1.54, 1.807) is 0 Å². The van der Waals surface area contributed by atoms with Gasteiger partial charge in [0.05, 0.1) is 6.61 Å². The normalized spacial score (nSPS) is 24.3. The quantitative estimate of drug-likeness (QED) is 0.872. The summed E-state index contributed by atoms with van der Waals surface area (Å²) in [4.78, 5) is 11.9. The zero-order valence-corrected chi connectivity index (χ0v) is 13.2. The summed E-state index contributed by atoms with van der Waals surface area (Å²) in [6, 6.07) is 4.05. The van der Waals surface area contributed by atoms with Crippen LogP contribution in [0.5, 0.6) is 0 Å². The van der Waals surface area contributed by atoms with Gasteiger partial charge in [0.15, 0.2) is 5.65 Å². The van der Waals surface area contributed by atoms with Crippen LogP contribution >= 0.6 is 0 Å². The summed E-state index contributed by atoms with van der Waals surface area (Å²) in [7, 11) is 2.21. The number of piperidine rings is 1. The van der Waals surface area contributed by atoms with Gasteiger partial charge in [-0.2, -0.15) is 0 Å². The lowest BCUT2D eigenvalue weighted by molar-refractivity contribution is 0.190. The predicted octanol–water partition coefficient (Wildman–Crippen LogP) is 2.28. The van der Waals surface area contributed by atoms with Gasteiger partial charge in [0.2, 0.25) is 0 Å². The SMILES string of the molecule is CN1CCC(Cn2c(C3CCOC3)nc3cccnc32)CC1. The second kappa shape index (κ2) is 5.97. The van der Waals surface area contributed by atoms with Crippen LogP contribution in [-0.2, 0) is 11.3 Å². The lowest BCUT2D eigenvalue weighted by Crippen LogP contribution is -2.32.